The van der Waals surface area contributed by atoms with Gasteiger partial charge in [-0.1, -0.05) is 146 Å². The van der Waals surface area contributed by atoms with E-state index in [9.17, 15) is 0 Å². The largest absolute Gasteiger partial charge is 0.456 e. The summed E-state index contributed by atoms with van der Waals surface area (Å²) >= 11 is 0. The van der Waals surface area contributed by atoms with Crippen molar-refractivity contribution in [1.82, 2.24) is 19.5 Å². The smallest absolute Gasteiger partial charge is 0.164 e. The zero-order valence-electron chi connectivity index (χ0n) is 33.3. The SMILES string of the molecule is c1ccc(-c2nc(-c3cccc(-n4c5ccccc5c5cc6c(cc54)C4(CCCC4)c4ccccc4-6)c3)nc(-c3ccc4c(c3)oc3cccc(-c5ccccc5)c34)n2)cc1. The lowest BCUT2D eigenvalue weighted by Gasteiger charge is -2.26. The summed E-state index contributed by atoms with van der Waals surface area (Å²) in [4.78, 5) is 15.5. The van der Waals surface area contributed by atoms with E-state index >= 15 is 0 Å². The maximum Gasteiger partial charge on any atom is 0.164 e. The van der Waals surface area contributed by atoms with E-state index in [0.29, 0.717) is 17.5 Å². The molecule has 61 heavy (non-hydrogen) atoms. The van der Waals surface area contributed by atoms with Crippen LogP contribution in [-0.4, -0.2) is 19.5 Å². The monoisotopic (exact) mass is 782 g/mol. The fourth-order valence-corrected chi connectivity index (χ4v) is 10.7. The van der Waals surface area contributed by atoms with Gasteiger partial charge in [-0.2, -0.15) is 0 Å². The number of hydrogen-bond donors (Lipinski definition) is 0. The molecule has 5 heteroatoms. The lowest BCUT2D eigenvalue weighted by molar-refractivity contribution is 0.550. The molecule has 0 saturated heterocycles. The highest BCUT2D eigenvalue weighted by molar-refractivity contribution is 6.13. The number of para-hydroxylation sites is 1. The van der Waals surface area contributed by atoms with Gasteiger partial charge in [0, 0.05) is 49.3 Å². The molecule has 0 unspecified atom stereocenters. The van der Waals surface area contributed by atoms with Crippen LogP contribution in [0.3, 0.4) is 0 Å². The minimum Gasteiger partial charge on any atom is -0.456 e. The molecule has 11 aromatic rings. The molecule has 8 aromatic carbocycles. The second kappa shape index (κ2) is 13.2. The average Bonchev–Trinajstić information content (AvgIpc) is 4.11. The van der Waals surface area contributed by atoms with Gasteiger partial charge < -0.3 is 8.98 Å². The minimum absolute atomic E-state index is 0.0773. The Morgan fingerprint density at radius 1 is 0.410 bits per heavy atom. The zero-order chi connectivity index (χ0) is 40.1. The molecule has 0 aliphatic heterocycles. The van der Waals surface area contributed by atoms with Gasteiger partial charge in [-0.25, -0.2) is 15.0 Å². The molecular formula is C56H38N4O. The number of benzene rings is 8. The van der Waals surface area contributed by atoms with E-state index in [1.807, 2.05) is 30.3 Å². The summed E-state index contributed by atoms with van der Waals surface area (Å²) in [5, 5.41) is 4.69. The Labute approximate surface area is 352 Å². The van der Waals surface area contributed by atoms with E-state index in [1.165, 1.54) is 69.7 Å². The first-order valence-electron chi connectivity index (χ1n) is 21.3. The van der Waals surface area contributed by atoms with Gasteiger partial charge in [-0.15, -0.1) is 0 Å². The molecule has 0 N–H and O–H groups in total. The van der Waals surface area contributed by atoms with Crippen LogP contribution in [0.25, 0.3) is 106 Å². The Balaban J connectivity index is 0.977. The van der Waals surface area contributed by atoms with Crippen molar-refractivity contribution in [3.8, 4) is 62.1 Å². The summed E-state index contributed by atoms with van der Waals surface area (Å²) in [7, 11) is 0. The van der Waals surface area contributed by atoms with E-state index in [2.05, 4.69) is 156 Å². The van der Waals surface area contributed by atoms with E-state index < -0.39 is 0 Å². The fourth-order valence-electron chi connectivity index (χ4n) is 10.7. The van der Waals surface area contributed by atoms with Gasteiger partial charge in [0.05, 0.1) is 11.0 Å². The molecule has 0 amide bonds. The highest BCUT2D eigenvalue weighted by Gasteiger charge is 2.45. The van der Waals surface area contributed by atoms with Gasteiger partial charge in [-0.05, 0) is 94.8 Å². The third-order valence-corrected chi connectivity index (χ3v) is 13.4. The van der Waals surface area contributed by atoms with Gasteiger partial charge in [0.2, 0.25) is 0 Å². The van der Waals surface area contributed by atoms with Crippen LogP contribution in [-0.2, 0) is 5.41 Å². The summed E-state index contributed by atoms with van der Waals surface area (Å²) in [5.41, 5.74) is 16.0. The normalized spacial score (nSPS) is 14.1. The Kier molecular flexibility index (Phi) is 7.41. The summed E-state index contributed by atoms with van der Waals surface area (Å²) in [6.45, 7) is 0. The van der Waals surface area contributed by atoms with Gasteiger partial charge in [0.15, 0.2) is 17.5 Å². The van der Waals surface area contributed by atoms with E-state index in [1.54, 1.807) is 0 Å². The van der Waals surface area contributed by atoms with Crippen LogP contribution >= 0.6 is 0 Å². The van der Waals surface area contributed by atoms with Crippen molar-refractivity contribution in [2.45, 2.75) is 31.1 Å². The van der Waals surface area contributed by atoms with Crippen molar-refractivity contribution in [2.75, 3.05) is 0 Å². The number of furan rings is 1. The van der Waals surface area contributed by atoms with Crippen molar-refractivity contribution in [1.29, 1.82) is 0 Å². The van der Waals surface area contributed by atoms with Crippen LogP contribution in [0.5, 0.6) is 0 Å². The number of rotatable bonds is 5. The molecule has 0 atom stereocenters. The molecule has 0 bridgehead atoms. The molecule has 288 valence electrons. The molecule has 2 aliphatic carbocycles. The highest BCUT2D eigenvalue weighted by atomic mass is 16.3. The maximum atomic E-state index is 6.54. The van der Waals surface area contributed by atoms with Crippen LogP contribution in [0.2, 0.25) is 0 Å². The molecule has 2 aliphatic rings. The highest BCUT2D eigenvalue weighted by Crippen LogP contribution is 2.58. The third kappa shape index (κ3) is 5.17. The van der Waals surface area contributed by atoms with Gasteiger partial charge >= 0.3 is 0 Å². The zero-order valence-corrected chi connectivity index (χ0v) is 33.3. The summed E-state index contributed by atoms with van der Waals surface area (Å²) in [6, 6.07) is 64.9. The van der Waals surface area contributed by atoms with E-state index in [-0.39, 0.29) is 5.41 Å². The Hall–Kier alpha value is -7.63. The average molecular weight is 783 g/mol. The van der Waals surface area contributed by atoms with Crippen LogP contribution in [0.1, 0.15) is 36.8 Å². The lowest BCUT2D eigenvalue weighted by atomic mass is 9.76. The quantitative estimate of drug-likeness (QED) is 0.174. The second-order valence-electron chi connectivity index (χ2n) is 16.7. The second-order valence-corrected chi connectivity index (χ2v) is 16.7. The summed E-state index contributed by atoms with van der Waals surface area (Å²) in [6.07, 6.45) is 4.91. The molecule has 3 aromatic heterocycles. The van der Waals surface area contributed by atoms with Crippen molar-refractivity contribution < 1.29 is 4.42 Å². The molecule has 1 saturated carbocycles. The fraction of sp³-hybridized carbons (Fsp3) is 0.0893. The Morgan fingerprint density at radius 3 is 1.89 bits per heavy atom. The molecule has 1 fully saturated rings. The molecule has 13 rings (SSSR count). The Bertz CT molecular complexity index is 3540. The predicted molar refractivity (Wildman–Crippen MR) is 248 cm³/mol. The third-order valence-electron chi connectivity index (χ3n) is 13.4. The standard InChI is InChI=1S/C56H38N4O/c1-3-15-35(16-4-1)40-23-14-26-50-52(40)43-28-27-38(32-51(43)61-50)55-58-53(36-17-5-2-6-18-36)57-54(59-55)37-19-13-20-39(31-37)60-48-25-10-8-22-42(48)45-33-44-41-21-7-9-24-46(41)56(29-11-12-30-56)47(44)34-49(45)60/h1-10,13-28,31-34H,11-12,29-30H2. The first-order chi connectivity index (χ1) is 30.2. The van der Waals surface area contributed by atoms with Gasteiger partial charge in [-0.3, -0.25) is 0 Å². The number of aromatic nitrogens is 4. The number of fused-ring (bicyclic) bond motifs is 11. The molecule has 5 nitrogen and oxygen atoms in total. The predicted octanol–water partition coefficient (Wildman–Crippen LogP) is 14.4. The topological polar surface area (TPSA) is 56.7 Å². The summed E-state index contributed by atoms with van der Waals surface area (Å²) in [5.74, 6) is 1.83. The summed E-state index contributed by atoms with van der Waals surface area (Å²) < 4.78 is 8.98. The van der Waals surface area contributed by atoms with Crippen LogP contribution in [0.15, 0.2) is 186 Å². The number of nitrogens with zero attached hydrogens (tertiary/aromatic N) is 4. The van der Waals surface area contributed by atoms with Crippen molar-refractivity contribution in [3.05, 3.63) is 193 Å². The first-order valence-corrected chi connectivity index (χ1v) is 21.3. The molecular weight excluding hydrogens is 745 g/mol. The van der Waals surface area contributed by atoms with E-state index in [4.69, 9.17) is 19.4 Å². The first kappa shape index (κ1) is 34.3. The molecule has 1 spiro atoms. The molecule has 0 radical (unpaired) electrons. The molecule has 3 heterocycles. The van der Waals surface area contributed by atoms with Gasteiger partial charge in [0.25, 0.3) is 0 Å². The van der Waals surface area contributed by atoms with Crippen molar-refractivity contribution in [2.24, 2.45) is 0 Å². The number of hydrogen-bond acceptors (Lipinski definition) is 4. The van der Waals surface area contributed by atoms with E-state index in [0.717, 1.165) is 55.4 Å². The Morgan fingerprint density at radius 2 is 1.07 bits per heavy atom. The van der Waals surface area contributed by atoms with Gasteiger partial charge in [0.1, 0.15) is 11.2 Å². The van der Waals surface area contributed by atoms with Crippen molar-refractivity contribution in [3.63, 3.8) is 0 Å². The minimum atomic E-state index is 0.0773. The maximum absolute atomic E-state index is 6.54. The van der Waals surface area contributed by atoms with Crippen LogP contribution in [0, 0.1) is 0 Å². The van der Waals surface area contributed by atoms with Crippen LogP contribution < -0.4 is 0 Å². The lowest BCUT2D eigenvalue weighted by Crippen LogP contribution is -2.20. The van der Waals surface area contributed by atoms with Crippen LogP contribution in [0.4, 0.5) is 0 Å². The van der Waals surface area contributed by atoms with Crippen molar-refractivity contribution >= 4 is 43.7 Å².